The largest absolute Gasteiger partial charge is 0.469 e. The van der Waals surface area contributed by atoms with Crippen molar-refractivity contribution >= 4 is 5.97 Å². The molecule has 0 aromatic rings. The zero-order valence-corrected chi connectivity index (χ0v) is 11.0. The first kappa shape index (κ1) is 13.7. The summed E-state index contributed by atoms with van der Waals surface area (Å²) < 4.78 is 31.2. The molecule has 0 saturated heterocycles. The summed E-state index contributed by atoms with van der Waals surface area (Å²) in [7, 11) is 1.28. The molecule has 1 N–H and O–H groups in total. The molecule has 2 fully saturated rings. The normalized spacial score (nSPS) is 38.6. The van der Waals surface area contributed by atoms with E-state index in [2.05, 4.69) is 0 Å². The first-order valence-corrected chi connectivity index (χ1v) is 6.30. The van der Waals surface area contributed by atoms with Gasteiger partial charge in [0.25, 0.3) is 0 Å². The number of ether oxygens (including phenoxy) is 1. The Hall–Kier alpha value is -0.710. The van der Waals surface area contributed by atoms with Gasteiger partial charge in [0.1, 0.15) is 0 Å². The molecule has 2 saturated carbocycles. The summed E-state index contributed by atoms with van der Waals surface area (Å²) in [6, 6.07) is 0. The molecule has 0 aromatic heterocycles. The van der Waals surface area contributed by atoms with Crippen LogP contribution in [0.15, 0.2) is 0 Å². The number of esters is 1. The van der Waals surface area contributed by atoms with E-state index in [0.29, 0.717) is 0 Å². The van der Waals surface area contributed by atoms with Crippen LogP contribution in [0, 0.1) is 17.3 Å². The zero-order chi connectivity index (χ0) is 13.8. The van der Waals surface area contributed by atoms with E-state index in [1.54, 1.807) is 13.8 Å². The van der Waals surface area contributed by atoms with Gasteiger partial charge in [-0.1, -0.05) is 0 Å². The summed E-state index contributed by atoms with van der Waals surface area (Å²) in [6.07, 6.45) is 0.180. The third kappa shape index (κ3) is 1.92. The monoisotopic (exact) mass is 262 g/mol. The van der Waals surface area contributed by atoms with Crippen LogP contribution in [-0.2, 0) is 9.53 Å². The summed E-state index contributed by atoms with van der Waals surface area (Å²) in [5.74, 6) is -3.47. The molecule has 0 bridgehead atoms. The maximum Gasteiger partial charge on any atom is 0.314 e. The molecular formula is C13H20F2O3. The molecule has 104 valence electrons. The highest BCUT2D eigenvalue weighted by Gasteiger charge is 2.61. The van der Waals surface area contributed by atoms with Gasteiger partial charge < -0.3 is 9.84 Å². The van der Waals surface area contributed by atoms with E-state index < -0.39 is 22.9 Å². The minimum absolute atomic E-state index is 0.169. The third-order valence-corrected chi connectivity index (χ3v) is 4.85. The van der Waals surface area contributed by atoms with Gasteiger partial charge in [-0.25, -0.2) is 8.78 Å². The minimum Gasteiger partial charge on any atom is -0.469 e. The number of fused-ring (bicyclic) bond motifs is 1. The lowest BCUT2D eigenvalue weighted by molar-refractivity contribution is -0.169. The fourth-order valence-corrected chi connectivity index (χ4v) is 3.57. The van der Waals surface area contributed by atoms with Crippen molar-refractivity contribution in [1.29, 1.82) is 0 Å². The minimum atomic E-state index is -2.61. The predicted octanol–water partition coefficient (Wildman–Crippen LogP) is 2.37. The molecule has 0 heterocycles. The molecule has 0 radical (unpaired) electrons. The third-order valence-electron chi connectivity index (χ3n) is 4.85. The van der Waals surface area contributed by atoms with Crippen LogP contribution in [0.1, 0.15) is 39.5 Å². The Bertz CT molecular complexity index is 349. The number of rotatable bonds is 2. The van der Waals surface area contributed by atoms with Gasteiger partial charge in [-0.15, -0.1) is 0 Å². The van der Waals surface area contributed by atoms with Gasteiger partial charge in [-0.05, 0) is 38.5 Å². The van der Waals surface area contributed by atoms with Crippen LogP contribution >= 0.6 is 0 Å². The molecule has 5 heteroatoms. The van der Waals surface area contributed by atoms with Crippen LogP contribution in [0.2, 0.25) is 0 Å². The average Bonchev–Trinajstić information content (AvgIpc) is 2.66. The van der Waals surface area contributed by atoms with Crippen molar-refractivity contribution in [2.75, 3.05) is 7.11 Å². The van der Waals surface area contributed by atoms with E-state index >= 15 is 0 Å². The molecule has 0 aromatic carbocycles. The smallest absolute Gasteiger partial charge is 0.314 e. The maximum atomic E-state index is 13.3. The SMILES string of the molecule is COC(=O)C(C)(C)[C@]1(O)C[C@H]2CC(F)(F)C[C@H]2C1. The maximum absolute atomic E-state index is 13.3. The number of carbonyl (C=O) groups is 1. The molecule has 0 amide bonds. The number of halogens is 2. The summed E-state index contributed by atoms with van der Waals surface area (Å²) >= 11 is 0. The van der Waals surface area contributed by atoms with Crippen molar-refractivity contribution in [3.63, 3.8) is 0 Å². The Balaban J connectivity index is 2.16. The Morgan fingerprint density at radius 2 is 1.67 bits per heavy atom. The highest BCUT2D eigenvalue weighted by molar-refractivity contribution is 5.77. The topological polar surface area (TPSA) is 46.5 Å². The molecule has 18 heavy (non-hydrogen) atoms. The van der Waals surface area contributed by atoms with Crippen molar-refractivity contribution < 1.29 is 23.4 Å². The number of alkyl halides is 2. The number of methoxy groups -OCH3 is 1. The lowest BCUT2D eigenvalue weighted by Gasteiger charge is -2.38. The van der Waals surface area contributed by atoms with Gasteiger partial charge in [0, 0.05) is 12.8 Å². The lowest BCUT2D eigenvalue weighted by Crippen LogP contribution is -2.49. The highest BCUT2D eigenvalue weighted by Crippen LogP contribution is 2.58. The van der Waals surface area contributed by atoms with Crippen molar-refractivity contribution in [2.45, 2.75) is 51.1 Å². The molecule has 0 unspecified atom stereocenters. The molecule has 2 rings (SSSR count). The van der Waals surface area contributed by atoms with Crippen molar-refractivity contribution in [2.24, 2.45) is 17.3 Å². The molecule has 2 aliphatic carbocycles. The van der Waals surface area contributed by atoms with Gasteiger partial charge in [-0.3, -0.25) is 4.79 Å². The molecular weight excluding hydrogens is 242 g/mol. The van der Waals surface area contributed by atoms with Gasteiger partial charge in [0.15, 0.2) is 0 Å². The Morgan fingerprint density at radius 1 is 1.22 bits per heavy atom. The molecule has 0 spiro atoms. The number of carbonyl (C=O) groups excluding carboxylic acids is 1. The van der Waals surface area contributed by atoms with Crippen LogP contribution in [0.5, 0.6) is 0 Å². The van der Waals surface area contributed by atoms with Crippen LogP contribution in [0.25, 0.3) is 0 Å². The second-order valence-corrected chi connectivity index (χ2v) is 6.34. The van der Waals surface area contributed by atoms with E-state index in [4.69, 9.17) is 4.74 Å². The van der Waals surface area contributed by atoms with Crippen molar-refractivity contribution in [1.82, 2.24) is 0 Å². The van der Waals surface area contributed by atoms with Gasteiger partial charge in [0.2, 0.25) is 5.92 Å². The quantitative estimate of drug-likeness (QED) is 0.777. The summed E-state index contributed by atoms with van der Waals surface area (Å²) in [4.78, 5) is 11.7. The highest BCUT2D eigenvalue weighted by atomic mass is 19.3. The number of hydrogen-bond acceptors (Lipinski definition) is 3. The second kappa shape index (κ2) is 3.89. The molecule has 2 aliphatic rings. The lowest BCUT2D eigenvalue weighted by atomic mass is 9.72. The van der Waals surface area contributed by atoms with Crippen LogP contribution < -0.4 is 0 Å². The van der Waals surface area contributed by atoms with Crippen LogP contribution in [-0.4, -0.2) is 29.7 Å². The Kier molecular flexibility index (Phi) is 2.96. The fraction of sp³-hybridized carbons (Fsp3) is 0.923. The van der Waals surface area contributed by atoms with E-state index in [0.717, 1.165) is 0 Å². The van der Waals surface area contributed by atoms with Crippen LogP contribution in [0.4, 0.5) is 8.78 Å². The fourth-order valence-electron chi connectivity index (χ4n) is 3.57. The summed E-state index contributed by atoms with van der Waals surface area (Å²) in [6.45, 7) is 3.25. The first-order valence-electron chi connectivity index (χ1n) is 6.30. The molecule has 0 aliphatic heterocycles. The van der Waals surface area contributed by atoms with E-state index in [-0.39, 0.29) is 37.5 Å². The standard InChI is InChI=1S/C13H20F2O3/c1-11(2,10(16)18-3)12(17)4-8-6-13(14,15)7-9(8)5-12/h8-9,17H,4-7H2,1-3H3/t8-,9+,12-. The van der Waals surface area contributed by atoms with Crippen molar-refractivity contribution in [3.05, 3.63) is 0 Å². The average molecular weight is 262 g/mol. The predicted molar refractivity (Wildman–Crippen MR) is 61.1 cm³/mol. The van der Waals surface area contributed by atoms with E-state index in [9.17, 15) is 18.7 Å². The van der Waals surface area contributed by atoms with E-state index in [1.807, 2.05) is 0 Å². The molecule has 3 atom stereocenters. The Morgan fingerprint density at radius 3 is 2.06 bits per heavy atom. The van der Waals surface area contributed by atoms with Gasteiger partial charge in [0.05, 0.1) is 18.1 Å². The first-order chi connectivity index (χ1) is 8.11. The van der Waals surface area contributed by atoms with Crippen LogP contribution in [0.3, 0.4) is 0 Å². The van der Waals surface area contributed by atoms with Crippen molar-refractivity contribution in [3.8, 4) is 0 Å². The number of aliphatic hydroxyl groups is 1. The zero-order valence-electron chi connectivity index (χ0n) is 11.0. The number of hydrogen-bond donors (Lipinski definition) is 1. The summed E-state index contributed by atoms with van der Waals surface area (Å²) in [5, 5.41) is 10.7. The van der Waals surface area contributed by atoms with Gasteiger partial charge >= 0.3 is 5.97 Å². The van der Waals surface area contributed by atoms with E-state index in [1.165, 1.54) is 7.11 Å². The Labute approximate surface area is 106 Å². The van der Waals surface area contributed by atoms with Gasteiger partial charge in [-0.2, -0.15) is 0 Å². The second-order valence-electron chi connectivity index (χ2n) is 6.34. The molecule has 3 nitrogen and oxygen atoms in total. The summed E-state index contributed by atoms with van der Waals surface area (Å²) in [5.41, 5.74) is -2.28.